The molecule has 6 rings (SSSR count). The Kier molecular flexibility index (Phi) is 6.70. The zero-order chi connectivity index (χ0) is 29.0. The van der Waals surface area contributed by atoms with Gasteiger partial charge in [-0.25, -0.2) is 14.8 Å². The first-order chi connectivity index (χ1) is 19.5. The molecule has 9 heteroatoms. The molecule has 5 unspecified atom stereocenters. The van der Waals surface area contributed by atoms with E-state index in [-0.39, 0.29) is 36.4 Å². The van der Waals surface area contributed by atoms with Crippen molar-refractivity contribution < 1.29 is 29.3 Å². The molecule has 3 saturated carbocycles. The highest BCUT2D eigenvalue weighted by atomic mass is 16.6. The zero-order valence-electron chi connectivity index (χ0n) is 23.2. The van der Waals surface area contributed by atoms with Crippen molar-refractivity contribution in [1.29, 1.82) is 0 Å². The third-order valence-corrected chi connectivity index (χ3v) is 10.4. The summed E-state index contributed by atoms with van der Waals surface area (Å²) in [5, 5.41) is 26.0. The summed E-state index contributed by atoms with van der Waals surface area (Å²) in [6.07, 6.45) is 9.63. The van der Waals surface area contributed by atoms with Gasteiger partial charge in [-0.2, -0.15) is 0 Å². The molecule has 4 aliphatic rings. The van der Waals surface area contributed by atoms with E-state index in [4.69, 9.17) is 4.74 Å². The van der Waals surface area contributed by atoms with Crippen molar-refractivity contribution in [1.82, 2.24) is 9.97 Å². The predicted molar refractivity (Wildman–Crippen MR) is 150 cm³/mol. The molecule has 214 valence electrons. The largest absolute Gasteiger partial charge is 0.441 e. The Morgan fingerprint density at radius 1 is 1.15 bits per heavy atom. The third kappa shape index (κ3) is 4.42. The Balaban J connectivity index is 1.14. The van der Waals surface area contributed by atoms with E-state index in [1.807, 2.05) is 19.1 Å². The molecule has 9 nitrogen and oxygen atoms in total. The number of nitrogens with one attached hydrogen (secondary N) is 1. The molecule has 3 N–H and O–H groups in total. The summed E-state index contributed by atoms with van der Waals surface area (Å²) in [6, 6.07) is 8.68. The number of fused-ring (bicyclic) bond motifs is 5. The lowest BCUT2D eigenvalue weighted by molar-refractivity contribution is -0.178. The van der Waals surface area contributed by atoms with Crippen LogP contribution in [-0.2, 0) is 14.3 Å². The van der Waals surface area contributed by atoms with E-state index in [1.54, 1.807) is 48.8 Å². The van der Waals surface area contributed by atoms with Gasteiger partial charge in [0.25, 0.3) is 0 Å². The molecule has 1 heterocycles. The van der Waals surface area contributed by atoms with Crippen LogP contribution in [0.3, 0.4) is 0 Å². The molecule has 2 aromatic rings. The van der Waals surface area contributed by atoms with Crippen LogP contribution < -0.4 is 5.32 Å². The lowest BCUT2D eigenvalue weighted by atomic mass is 9.46. The Hall–Kier alpha value is -3.69. The summed E-state index contributed by atoms with van der Waals surface area (Å²) < 4.78 is 5.28. The normalized spacial score (nSPS) is 35.5. The molecule has 41 heavy (non-hydrogen) atoms. The number of ether oxygens (including phenoxy) is 1. The van der Waals surface area contributed by atoms with Gasteiger partial charge in [0.15, 0.2) is 18.2 Å². The number of Topliss-reactive ketones (excluding diaryl/α,β-unsaturated/α-hetero) is 1. The van der Waals surface area contributed by atoms with E-state index >= 15 is 0 Å². The second kappa shape index (κ2) is 9.99. The summed E-state index contributed by atoms with van der Waals surface area (Å²) in [7, 11) is 0. The standard InChI is InChI=1S/C32H35N3O6/c1-30-11-9-22(36)16-20(30)7-8-23-24-10-12-32(40,31(24,2)17-25(37)27(23)30)26(38)18-41-29(39)35-21-6-3-5-19(15-21)28-33-13-4-14-34-28/h3-6,9,11,13-16,23-25,27,37,40H,7-8,10,12,17-18H2,1-2H3,(H,35,39)/t23?,24?,25-,27?,30?,31?,32-/m0/s1. The van der Waals surface area contributed by atoms with Gasteiger partial charge in [-0.05, 0) is 74.3 Å². The van der Waals surface area contributed by atoms with Crippen LogP contribution in [0.15, 0.2) is 66.5 Å². The number of amides is 1. The minimum Gasteiger partial charge on any atom is -0.441 e. The number of nitrogens with zero attached hydrogens (tertiary/aromatic N) is 2. The van der Waals surface area contributed by atoms with E-state index < -0.39 is 41.0 Å². The second-order valence-electron chi connectivity index (χ2n) is 12.4. The number of rotatable bonds is 5. The number of aliphatic hydroxyl groups is 2. The smallest absolute Gasteiger partial charge is 0.412 e. The maximum absolute atomic E-state index is 13.5. The molecular formula is C32H35N3O6. The fourth-order valence-electron chi connectivity index (χ4n) is 8.38. The first kappa shape index (κ1) is 27.5. The number of hydrogen-bond donors (Lipinski definition) is 3. The molecule has 1 amide bonds. The van der Waals surface area contributed by atoms with Crippen molar-refractivity contribution in [2.24, 2.45) is 28.6 Å². The fraction of sp³-hybridized carbons (Fsp3) is 0.469. The van der Waals surface area contributed by atoms with Crippen LogP contribution in [0.25, 0.3) is 11.4 Å². The lowest BCUT2D eigenvalue weighted by Crippen LogP contribution is -2.61. The molecule has 0 bridgehead atoms. The van der Waals surface area contributed by atoms with Gasteiger partial charge in [-0.1, -0.05) is 37.6 Å². The summed E-state index contributed by atoms with van der Waals surface area (Å²) in [5.41, 5.74) is -0.780. The van der Waals surface area contributed by atoms with Crippen LogP contribution in [0.1, 0.15) is 46.0 Å². The van der Waals surface area contributed by atoms with Crippen molar-refractivity contribution in [3.63, 3.8) is 0 Å². The minimum absolute atomic E-state index is 0.0195. The summed E-state index contributed by atoms with van der Waals surface area (Å²) in [6.45, 7) is 3.41. The Morgan fingerprint density at radius 3 is 2.71 bits per heavy atom. The van der Waals surface area contributed by atoms with Crippen LogP contribution in [0.5, 0.6) is 0 Å². The highest BCUT2D eigenvalue weighted by Gasteiger charge is 2.68. The molecular weight excluding hydrogens is 522 g/mol. The topological polar surface area (TPSA) is 139 Å². The number of hydrogen-bond acceptors (Lipinski definition) is 8. The molecule has 0 saturated heterocycles. The van der Waals surface area contributed by atoms with Crippen molar-refractivity contribution in [2.75, 3.05) is 11.9 Å². The van der Waals surface area contributed by atoms with E-state index in [9.17, 15) is 24.6 Å². The van der Waals surface area contributed by atoms with Gasteiger partial charge in [-0.15, -0.1) is 0 Å². The van der Waals surface area contributed by atoms with Gasteiger partial charge in [0, 0.05) is 40.4 Å². The number of carbonyl (C=O) groups is 3. The summed E-state index contributed by atoms with van der Waals surface area (Å²) in [5.74, 6) is -0.0486. The van der Waals surface area contributed by atoms with Gasteiger partial charge < -0.3 is 14.9 Å². The molecule has 1 aromatic carbocycles. The van der Waals surface area contributed by atoms with Gasteiger partial charge >= 0.3 is 6.09 Å². The van der Waals surface area contributed by atoms with E-state index in [0.717, 1.165) is 18.4 Å². The number of carbonyl (C=O) groups excluding carboxylic acids is 3. The summed E-state index contributed by atoms with van der Waals surface area (Å²) >= 11 is 0. The number of aliphatic hydroxyl groups excluding tert-OH is 1. The zero-order valence-corrected chi connectivity index (χ0v) is 23.2. The minimum atomic E-state index is -1.72. The molecule has 7 atom stereocenters. The van der Waals surface area contributed by atoms with E-state index in [2.05, 4.69) is 22.2 Å². The third-order valence-electron chi connectivity index (χ3n) is 10.4. The van der Waals surface area contributed by atoms with Crippen molar-refractivity contribution >= 4 is 23.3 Å². The second-order valence-corrected chi connectivity index (χ2v) is 12.4. The number of allylic oxidation sites excluding steroid dienone is 4. The van der Waals surface area contributed by atoms with Gasteiger partial charge in [0.2, 0.25) is 5.78 Å². The van der Waals surface area contributed by atoms with Gasteiger partial charge in [0.1, 0.15) is 5.60 Å². The van der Waals surface area contributed by atoms with Crippen molar-refractivity contribution in [3.8, 4) is 11.4 Å². The highest BCUT2D eigenvalue weighted by molar-refractivity contribution is 6.01. The quantitative estimate of drug-likeness (QED) is 0.495. The maximum atomic E-state index is 13.5. The first-order valence-corrected chi connectivity index (χ1v) is 14.2. The number of ketones is 2. The fourth-order valence-corrected chi connectivity index (χ4v) is 8.38. The van der Waals surface area contributed by atoms with Gasteiger partial charge in [-0.3, -0.25) is 14.9 Å². The van der Waals surface area contributed by atoms with Crippen LogP contribution in [0.4, 0.5) is 10.5 Å². The SMILES string of the molecule is CC12C=CC(=O)C=C1CCC1C2[C@@H](O)CC2(C)C1CC[C@]2(O)C(=O)COC(=O)Nc1cccc(-c2ncccn2)c1. The first-order valence-electron chi connectivity index (χ1n) is 14.2. The van der Waals surface area contributed by atoms with Crippen LogP contribution >= 0.6 is 0 Å². The van der Waals surface area contributed by atoms with Crippen molar-refractivity contribution in [2.45, 2.75) is 57.7 Å². The molecule has 0 spiro atoms. The number of benzene rings is 1. The number of aromatic nitrogens is 2. The maximum Gasteiger partial charge on any atom is 0.412 e. The average molecular weight is 558 g/mol. The molecule has 3 fully saturated rings. The Bertz CT molecular complexity index is 1460. The molecule has 0 aliphatic heterocycles. The summed E-state index contributed by atoms with van der Waals surface area (Å²) in [4.78, 5) is 46.6. The average Bonchev–Trinajstić information content (AvgIpc) is 3.23. The van der Waals surface area contributed by atoms with Crippen LogP contribution in [0.2, 0.25) is 0 Å². The van der Waals surface area contributed by atoms with Gasteiger partial charge in [0.05, 0.1) is 6.10 Å². The predicted octanol–water partition coefficient (Wildman–Crippen LogP) is 4.27. The van der Waals surface area contributed by atoms with E-state index in [1.165, 1.54) is 0 Å². The van der Waals surface area contributed by atoms with Crippen LogP contribution in [-0.4, -0.2) is 56.2 Å². The molecule has 0 radical (unpaired) electrons. The van der Waals surface area contributed by atoms with E-state index in [0.29, 0.717) is 23.5 Å². The molecule has 1 aromatic heterocycles. The monoisotopic (exact) mass is 557 g/mol. The number of anilines is 1. The highest BCUT2D eigenvalue weighted by Crippen LogP contribution is 2.67. The van der Waals surface area contributed by atoms with Crippen molar-refractivity contribution in [3.05, 3.63) is 66.5 Å². The lowest BCUT2D eigenvalue weighted by Gasteiger charge is -2.59. The molecule has 4 aliphatic carbocycles. The van der Waals surface area contributed by atoms with Crippen LogP contribution in [0, 0.1) is 28.6 Å². The Labute approximate surface area is 238 Å². The Morgan fingerprint density at radius 2 is 1.93 bits per heavy atom.